The van der Waals surface area contributed by atoms with Gasteiger partial charge in [0.25, 0.3) is 11.8 Å². The van der Waals surface area contributed by atoms with Crippen molar-refractivity contribution in [1.29, 1.82) is 0 Å². The molecule has 216 valence electrons. The minimum absolute atomic E-state index is 0.0743. The van der Waals surface area contributed by atoms with Gasteiger partial charge in [0.05, 0.1) is 25.3 Å². The maximum atomic E-state index is 12.9. The number of hydrogen-bond donors (Lipinski definition) is 4. The molecule has 2 amide bonds. The van der Waals surface area contributed by atoms with Crippen LogP contribution in [0, 0.1) is 5.92 Å². The highest BCUT2D eigenvalue weighted by molar-refractivity contribution is 6.07. The molecule has 5 rings (SSSR count). The quantitative estimate of drug-likeness (QED) is 0.200. The van der Waals surface area contributed by atoms with Crippen LogP contribution in [0.5, 0.6) is 5.75 Å². The van der Waals surface area contributed by atoms with E-state index in [2.05, 4.69) is 20.9 Å². The van der Waals surface area contributed by atoms with Gasteiger partial charge in [-0.1, -0.05) is 54.6 Å². The van der Waals surface area contributed by atoms with Crippen molar-refractivity contribution in [2.75, 3.05) is 24.4 Å². The largest absolute Gasteiger partial charge is 0.497 e. The molecule has 10 nitrogen and oxygen atoms in total. The molecular formula is C32H33N5O5. The number of nitrogens with one attached hydrogen (secondary N) is 2. The maximum Gasteiger partial charge on any atom is 0.261 e. The lowest BCUT2D eigenvalue weighted by molar-refractivity contribution is -0.137. The van der Waals surface area contributed by atoms with Crippen LogP contribution in [-0.4, -0.2) is 50.7 Å². The van der Waals surface area contributed by atoms with Gasteiger partial charge in [-0.2, -0.15) is 0 Å². The fourth-order valence-corrected chi connectivity index (χ4v) is 5.07. The van der Waals surface area contributed by atoms with Crippen molar-refractivity contribution < 1.29 is 24.5 Å². The number of hydrogen-bond acceptors (Lipinski definition) is 7. The average molecular weight is 568 g/mol. The van der Waals surface area contributed by atoms with Gasteiger partial charge in [-0.25, -0.2) is 0 Å². The lowest BCUT2D eigenvalue weighted by Crippen LogP contribution is -2.39. The van der Waals surface area contributed by atoms with Crippen molar-refractivity contribution in [3.63, 3.8) is 0 Å². The van der Waals surface area contributed by atoms with Crippen LogP contribution in [0.3, 0.4) is 0 Å². The van der Waals surface area contributed by atoms with E-state index in [1.54, 1.807) is 67.3 Å². The van der Waals surface area contributed by atoms with E-state index >= 15 is 0 Å². The molecule has 4 N–H and O–H groups in total. The van der Waals surface area contributed by atoms with Crippen LogP contribution in [0.15, 0.2) is 91.1 Å². The van der Waals surface area contributed by atoms with E-state index in [-0.39, 0.29) is 18.4 Å². The Kier molecular flexibility index (Phi) is 8.46. The second kappa shape index (κ2) is 12.4. The van der Waals surface area contributed by atoms with Crippen LogP contribution in [0.1, 0.15) is 46.4 Å². The number of carbonyl (C=O) groups excluding carboxylic acids is 2. The molecule has 42 heavy (non-hydrogen) atoms. The smallest absolute Gasteiger partial charge is 0.261 e. The van der Waals surface area contributed by atoms with Crippen LogP contribution in [0.4, 0.5) is 11.4 Å². The minimum atomic E-state index is -1.81. The zero-order valence-electron chi connectivity index (χ0n) is 23.4. The first-order valence-corrected chi connectivity index (χ1v) is 13.7. The van der Waals surface area contributed by atoms with Crippen LogP contribution < -0.4 is 15.4 Å². The minimum Gasteiger partial charge on any atom is -0.497 e. The molecule has 0 saturated carbocycles. The third-order valence-electron chi connectivity index (χ3n) is 7.54. The number of methoxy groups -OCH3 is 1. The predicted octanol–water partition coefficient (Wildman–Crippen LogP) is 4.09. The summed E-state index contributed by atoms with van der Waals surface area (Å²) in [4.78, 5) is 25.7. The first kappa shape index (κ1) is 28.7. The normalized spacial score (nSPS) is 17.5. The molecular weight excluding hydrogens is 534 g/mol. The molecule has 0 spiro atoms. The molecule has 3 atom stereocenters. The van der Waals surface area contributed by atoms with Crippen LogP contribution in [-0.2, 0) is 16.9 Å². The molecule has 0 fully saturated rings. The van der Waals surface area contributed by atoms with E-state index in [1.807, 2.05) is 42.6 Å². The van der Waals surface area contributed by atoms with Gasteiger partial charge < -0.3 is 25.6 Å². The van der Waals surface area contributed by atoms with Gasteiger partial charge in [0.15, 0.2) is 5.60 Å². The summed E-state index contributed by atoms with van der Waals surface area (Å²) in [6, 6.07) is 21.3. The fourth-order valence-electron chi connectivity index (χ4n) is 5.07. The number of amides is 2. The third kappa shape index (κ3) is 5.81. The molecule has 4 aromatic rings. The first-order chi connectivity index (χ1) is 20.3. The number of nitrogens with zero attached hydrogens (tertiary/aromatic N) is 3. The number of carbonyl (C=O) groups is 2. The Labute approximate surface area is 243 Å². The number of rotatable bonds is 11. The summed E-state index contributed by atoms with van der Waals surface area (Å²) in [5, 5.41) is 35.5. The monoisotopic (exact) mass is 567 g/mol. The van der Waals surface area contributed by atoms with Crippen molar-refractivity contribution in [2.45, 2.75) is 31.4 Å². The zero-order chi connectivity index (χ0) is 29.7. The third-order valence-corrected chi connectivity index (χ3v) is 7.54. The number of fused-ring (bicyclic) bond motifs is 1. The Balaban J connectivity index is 1.23. The zero-order valence-corrected chi connectivity index (χ0v) is 23.4. The van der Waals surface area contributed by atoms with E-state index in [1.165, 1.54) is 0 Å². The highest BCUT2D eigenvalue weighted by Gasteiger charge is 2.48. The Morgan fingerprint density at radius 3 is 2.62 bits per heavy atom. The molecule has 0 saturated heterocycles. The summed E-state index contributed by atoms with van der Waals surface area (Å²) in [7, 11) is 1.56. The second-order valence-corrected chi connectivity index (χ2v) is 10.2. The summed E-state index contributed by atoms with van der Waals surface area (Å²) < 4.78 is 6.85. The predicted molar refractivity (Wildman–Crippen MR) is 158 cm³/mol. The number of ether oxygens (including phenoxy) is 1. The summed E-state index contributed by atoms with van der Waals surface area (Å²) in [6.45, 7) is 2.23. The molecule has 0 aliphatic carbocycles. The van der Waals surface area contributed by atoms with E-state index in [0.29, 0.717) is 46.9 Å². The van der Waals surface area contributed by atoms with Gasteiger partial charge in [-0.05, 0) is 54.4 Å². The number of benzene rings is 3. The average Bonchev–Trinajstić information content (AvgIpc) is 3.58. The van der Waals surface area contributed by atoms with E-state index in [4.69, 9.17) is 4.74 Å². The maximum absolute atomic E-state index is 12.9. The lowest BCUT2D eigenvalue weighted by atomic mass is 9.82. The Morgan fingerprint density at radius 1 is 1.14 bits per heavy atom. The van der Waals surface area contributed by atoms with E-state index in [9.17, 15) is 19.8 Å². The Hall–Kier alpha value is -4.80. The van der Waals surface area contributed by atoms with Crippen LogP contribution >= 0.6 is 0 Å². The standard InChI is InChI=1S/C32H33N5O5/c1-21(8-6-7-17-37-19-29(35-36-37)26(20-38)22-9-4-3-5-10-22)32(41)27-18-24(13-16-28(27)34-31(32)40)33-30(39)23-11-14-25(42-2)15-12-23/h3-6,8-16,18-19,21,26,38,41H,7,17,20H2,1-2H3,(H,33,39)(H,34,40)/b8-6+/t21-,26?,32+/m1/s1. The molecule has 1 aromatic heterocycles. The summed E-state index contributed by atoms with van der Waals surface area (Å²) in [6.07, 6.45) is 6.10. The van der Waals surface area contributed by atoms with Crippen molar-refractivity contribution >= 4 is 23.2 Å². The number of allylic oxidation sites excluding steroid dienone is 1. The number of aliphatic hydroxyl groups excluding tert-OH is 1. The lowest BCUT2D eigenvalue weighted by Gasteiger charge is -2.26. The second-order valence-electron chi connectivity index (χ2n) is 10.2. The molecule has 10 heteroatoms. The molecule has 0 bridgehead atoms. The first-order valence-electron chi connectivity index (χ1n) is 13.7. The SMILES string of the molecule is COc1ccc(C(=O)Nc2ccc3c(c2)[C@@](O)([C@H](C)/C=C/CCn2cc(C(CO)c4ccccc4)nn2)C(=O)N3)cc1. The summed E-state index contributed by atoms with van der Waals surface area (Å²) in [5.41, 5.74) is 1.64. The van der Waals surface area contributed by atoms with Gasteiger partial charge in [-0.15, -0.1) is 5.10 Å². The van der Waals surface area contributed by atoms with E-state index in [0.717, 1.165) is 5.56 Å². The van der Waals surface area contributed by atoms with Crippen molar-refractivity contribution in [1.82, 2.24) is 15.0 Å². The number of anilines is 2. The van der Waals surface area contributed by atoms with E-state index < -0.39 is 17.4 Å². The topological polar surface area (TPSA) is 139 Å². The molecule has 3 aromatic carbocycles. The van der Waals surface area contributed by atoms with Gasteiger partial charge in [-0.3, -0.25) is 14.3 Å². The molecule has 1 aliphatic rings. The fraction of sp³-hybridized carbons (Fsp3) is 0.250. The number of aromatic nitrogens is 3. The van der Waals surface area contributed by atoms with Crippen LogP contribution in [0.2, 0.25) is 0 Å². The van der Waals surface area contributed by atoms with Crippen LogP contribution in [0.25, 0.3) is 0 Å². The number of aliphatic hydroxyl groups is 2. The van der Waals surface area contributed by atoms with Gasteiger partial charge in [0.2, 0.25) is 0 Å². The Bertz CT molecular complexity index is 1580. The van der Waals surface area contributed by atoms with Gasteiger partial charge in [0.1, 0.15) is 5.75 Å². The Morgan fingerprint density at radius 2 is 1.90 bits per heavy atom. The molecule has 0 radical (unpaired) electrons. The number of aryl methyl sites for hydroxylation is 1. The summed E-state index contributed by atoms with van der Waals surface area (Å²) >= 11 is 0. The molecule has 1 unspecified atom stereocenters. The van der Waals surface area contributed by atoms with Crippen molar-refractivity contribution in [3.05, 3.63) is 114 Å². The molecule has 2 heterocycles. The highest BCUT2D eigenvalue weighted by Crippen LogP contribution is 2.43. The summed E-state index contributed by atoms with van der Waals surface area (Å²) in [5.74, 6) is -1.02. The molecule has 1 aliphatic heterocycles. The van der Waals surface area contributed by atoms with Crippen molar-refractivity contribution in [3.8, 4) is 5.75 Å². The van der Waals surface area contributed by atoms with Crippen molar-refractivity contribution in [2.24, 2.45) is 5.92 Å². The highest BCUT2D eigenvalue weighted by atomic mass is 16.5. The van der Waals surface area contributed by atoms with Gasteiger partial charge in [0, 0.05) is 41.2 Å². The van der Waals surface area contributed by atoms with Gasteiger partial charge >= 0.3 is 0 Å².